The van der Waals surface area contributed by atoms with Crippen molar-refractivity contribution in [3.05, 3.63) is 32.7 Å². The van der Waals surface area contributed by atoms with Crippen LogP contribution in [0.15, 0.2) is 22.6 Å². The number of hydrogen-bond donors (Lipinski definition) is 0. The maximum absolute atomic E-state index is 5.92. The highest BCUT2D eigenvalue weighted by molar-refractivity contribution is 14.1. The van der Waals surface area contributed by atoms with Gasteiger partial charge in [-0.3, -0.25) is 0 Å². The lowest BCUT2D eigenvalue weighted by molar-refractivity contribution is 0.507. The minimum Gasteiger partial charge on any atom is -0.419 e. The second kappa shape index (κ2) is 4.89. The van der Waals surface area contributed by atoms with Gasteiger partial charge in [-0.25, -0.2) is 0 Å². The summed E-state index contributed by atoms with van der Waals surface area (Å²) in [4.78, 5) is 0. The van der Waals surface area contributed by atoms with Crippen molar-refractivity contribution < 1.29 is 4.42 Å². The molecule has 16 heavy (non-hydrogen) atoms. The quantitative estimate of drug-likeness (QED) is 0.586. The van der Waals surface area contributed by atoms with Crippen LogP contribution in [0.5, 0.6) is 0 Å². The Kier molecular flexibility index (Phi) is 3.71. The zero-order valence-corrected chi connectivity index (χ0v) is 11.9. The van der Waals surface area contributed by atoms with Crippen LogP contribution in [0.25, 0.3) is 11.5 Å². The smallest absolute Gasteiger partial charge is 0.248 e. The van der Waals surface area contributed by atoms with Crippen molar-refractivity contribution in [3.8, 4) is 11.5 Å². The van der Waals surface area contributed by atoms with Gasteiger partial charge in [-0.2, -0.15) is 0 Å². The van der Waals surface area contributed by atoms with Gasteiger partial charge in [0, 0.05) is 8.59 Å². The van der Waals surface area contributed by atoms with Crippen LogP contribution >= 0.6 is 45.8 Å². The first-order chi connectivity index (χ1) is 7.58. The molecule has 0 spiro atoms. The van der Waals surface area contributed by atoms with Crippen LogP contribution in [0.4, 0.5) is 0 Å². The normalized spacial score (nSPS) is 12.8. The standard InChI is InChI=1S/C10H7Cl2IN2O/c1-5(11)9-14-15-10(16-9)7-4-6(12)2-3-8(7)13/h2-5H,1H3. The van der Waals surface area contributed by atoms with Gasteiger partial charge in [0.15, 0.2) is 0 Å². The van der Waals surface area contributed by atoms with Gasteiger partial charge in [0.05, 0.1) is 5.56 Å². The molecule has 0 saturated heterocycles. The molecule has 1 unspecified atom stereocenters. The minimum atomic E-state index is -0.293. The Morgan fingerprint density at radius 2 is 2.12 bits per heavy atom. The van der Waals surface area contributed by atoms with Gasteiger partial charge in [0.2, 0.25) is 11.8 Å². The van der Waals surface area contributed by atoms with Crippen molar-refractivity contribution in [2.45, 2.75) is 12.3 Å². The van der Waals surface area contributed by atoms with Crippen LogP contribution in [0, 0.1) is 3.57 Å². The Bertz CT molecular complexity index is 513. The molecule has 0 radical (unpaired) electrons. The molecule has 0 fully saturated rings. The molecule has 0 bridgehead atoms. The van der Waals surface area contributed by atoms with Gasteiger partial charge < -0.3 is 4.42 Å². The lowest BCUT2D eigenvalue weighted by Gasteiger charge is -1.99. The van der Waals surface area contributed by atoms with E-state index < -0.39 is 0 Å². The van der Waals surface area contributed by atoms with Crippen LogP contribution in [0.1, 0.15) is 18.2 Å². The van der Waals surface area contributed by atoms with Crippen LogP contribution in [0.2, 0.25) is 5.02 Å². The number of alkyl halides is 1. The van der Waals surface area contributed by atoms with Crippen molar-refractivity contribution in [2.75, 3.05) is 0 Å². The summed E-state index contributed by atoms with van der Waals surface area (Å²) >= 11 is 14.0. The van der Waals surface area contributed by atoms with E-state index in [4.69, 9.17) is 27.6 Å². The van der Waals surface area contributed by atoms with Gasteiger partial charge in [-0.15, -0.1) is 21.8 Å². The number of rotatable bonds is 2. The summed E-state index contributed by atoms with van der Waals surface area (Å²) in [6.45, 7) is 1.78. The van der Waals surface area contributed by atoms with Crippen LogP contribution in [0.3, 0.4) is 0 Å². The van der Waals surface area contributed by atoms with E-state index in [-0.39, 0.29) is 5.38 Å². The summed E-state index contributed by atoms with van der Waals surface area (Å²) in [5.41, 5.74) is 0.823. The molecule has 2 aromatic rings. The number of nitrogens with zero attached hydrogens (tertiary/aromatic N) is 2. The zero-order valence-electron chi connectivity index (χ0n) is 8.25. The van der Waals surface area contributed by atoms with Crippen LogP contribution in [-0.2, 0) is 0 Å². The van der Waals surface area contributed by atoms with E-state index in [1.807, 2.05) is 12.1 Å². The molecule has 6 heteroatoms. The first-order valence-electron chi connectivity index (χ1n) is 4.51. The molecule has 1 atom stereocenters. The summed E-state index contributed by atoms with van der Waals surface area (Å²) < 4.78 is 6.45. The Balaban J connectivity index is 2.46. The Hall–Kier alpha value is -0.330. The van der Waals surface area contributed by atoms with Gasteiger partial charge in [0.1, 0.15) is 5.38 Å². The fourth-order valence-electron chi connectivity index (χ4n) is 1.17. The molecule has 3 nitrogen and oxygen atoms in total. The highest BCUT2D eigenvalue weighted by atomic mass is 127. The molecule has 0 saturated carbocycles. The Morgan fingerprint density at radius 1 is 1.38 bits per heavy atom. The van der Waals surface area contributed by atoms with Crippen molar-refractivity contribution in [1.82, 2.24) is 10.2 Å². The van der Waals surface area contributed by atoms with Crippen molar-refractivity contribution in [3.63, 3.8) is 0 Å². The monoisotopic (exact) mass is 368 g/mol. The fourth-order valence-corrected chi connectivity index (χ4v) is 1.99. The van der Waals surface area contributed by atoms with E-state index >= 15 is 0 Å². The van der Waals surface area contributed by atoms with Gasteiger partial charge in [-0.1, -0.05) is 11.6 Å². The number of aromatic nitrogens is 2. The highest BCUT2D eigenvalue weighted by Gasteiger charge is 2.14. The van der Waals surface area contributed by atoms with E-state index in [9.17, 15) is 0 Å². The van der Waals surface area contributed by atoms with Crippen molar-refractivity contribution in [2.24, 2.45) is 0 Å². The van der Waals surface area contributed by atoms with E-state index in [2.05, 4.69) is 32.8 Å². The van der Waals surface area contributed by atoms with Crippen LogP contribution < -0.4 is 0 Å². The van der Waals surface area contributed by atoms with Crippen LogP contribution in [-0.4, -0.2) is 10.2 Å². The summed E-state index contributed by atoms with van der Waals surface area (Å²) in [6, 6.07) is 5.50. The number of benzene rings is 1. The molecule has 0 N–H and O–H groups in total. The topological polar surface area (TPSA) is 38.9 Å². The van der Waals surface area contributed by atoms with Crippen molar-refractivity contribution in [1.29, 1.82) is 0 Å². The third-order valence-corrected chi connectivity index (χ3v) is 3.30. The first kappa shape index (κ1) is 12.1. The molecule has 84 valence electrons. The van der Waals surface area contributed by atoms with E-state index in [0.29, 0.717) is 16.8 Å². The summed E-state index contributed by atoms with van der Waals surface area (Å²) in [5, 5.41) is 8.15. The molecule has 0 aliphatic heterocycles. The molecule has 0 aliphatic carbocycles. The summed E-state index contributed by atoms with van der Waals surface area (Å²) in [7, 11) is 0. The largest absolute Gasteiger partial charge is 0.419 e. The Morgan fingerprint density at radius 3 is 2.75 bits per heavy atom. The third-order valence-electron chi connectivity index (χ3n) is 1.94. The van der Waals surface area contributed by atoms with Gasteiger partial charge in [-0.05, 0) is 47.7 Å². The highest BCUT2D eigenvalue weighted by Crippen LogP contribution is 2.29. The number of hydrogen-bond acceptors (Lipinski definition) is 3. The predicted molar refractivity (Wildman–Crippen MR) is 71.7 cm³/mol. The lowest BCUT2D eigenvalue weighted by Crippen LogP contribution is -1.82. The molecular weight excluding hydrogens is 362 g/mol. The Labute approximate surface area is 116 Å². The van der Waals surface area contributed by atoms with E-state index in [1.165, 1.54) is 0 Å². The van der Waals surface area contributed by atoms with Crippen molar-refractivity contribution >= 4 is 45.8 Å². The maximum atomic E-state index is 5.92. The maximum Gasteiger partial charge on any atom is 0.248 e. The minimum absolute atomic E-state index is 0.293. The van der Waals surface area contributed by atoms with Gasteiger partial charge >= 0.3 is 0 Å². The lowest BCUT2D eigenvalue weighted by atomic mass is 10.2. The van der Waals surface area contributed by atoms with E-state index in [0.717, 1.165) is 9.13 Å². The summed E-state index contributed by atoms with van der Waals surface area (Å²) in [5.74, 6) is 0.849. The third kappa shape index (κ3) is 2.49. The molecule has 0 amide bonds. The molecular formula is C10H7Cl2IN2O. The summed E-state index contributed by atoms with van der Waals surface area (Å²) in [6.07, 6.45) is 0. The molecule has 2 rings (SSSR count). The SMILES string of the molecule is CC(Cl)c1nnc(-c2cc(Cl)ccc2I)o1. The molecule has 0 aliphatic rings. The first-order valence-corrected chi connectivity index (χ1v) is 6.40. The molecule has 1 aromatic carbocycles. The van der Waals surface area contributed by atoms with Gasteiger partial charge in [0.25, 0.3) is 0 Å². The zero-order chi connectivity index (χ0) is 11.7. The van der Waals surface area contributed by atoms with E-state index in [1.54, 1.807) is 13.0 Å². The second-order valence-corrected chi connectivity index (χ2v) is 5.44. The molecule has 1 aromatic heterocycles. The number of halogens is 3. The predicted octanol–water partition coefficient (Wildman–Crippen LogP) is 4.29. The average molecular weight is 369 g/mol. The second-order valence-electron chi connectivity index (χ2n) is 3.19. The molecule has 1 heterocycles. The average Bonchev–Trinajstić information content (AvgIpc) is 2.70. The fraction of sp³-hybridized carbons (Fsp3) is 0.200.